The van der Waals surface area contributed by atoms with E-state index in [0.29, 0.717) is 30.8 Å². The minimum atomic E-state index is -0.529. The summed E-state index contributed by atoms with van der Waals surface area (Å²) in [5.41, 5.74) is 7.82. The van der Waals surface area contributed by atoms with E-state index in [0.717, 1.165) is 16.0 Å². The van der Waals surface area contributed by atoms with Crippen LogP contribution in [0.5, 0.6) is 0 Å². The summed E-state index contributed by atoms with van der Waals surface area (Å²) in [7, 11) is 0. The molecule has 0 bridgehead atoms. The topological polar surface area (TPSA) is 72.6 Å². The average Bonchev–Trinajstić information content (AvgIpc) is 3.03. The average molecular weight is 394 g/mol. The lowest BCUT2D eigenvalue weighted by Crippen LogP contribution is -2.49. The number of nitrogens with two attached hydrogens (primary N) is 1. The number of thioether (sulfide) groups is 1. The van der Waals surface area contributed by atoms with Gasteiger partial charge in [0.25, 0.3) is 0 Å². The molecule has 2 aromatic rings. The summed E-state index contributed by atoms with van der Waals surface area (Å²) in [6.07, 6.45) is 0.672. The van der Waals surface area contributed by atoms with Crippen molar-refractivity contribution in [3.8, 4) is 0 Å². The molecule has 1 amide bonds. The van der Waals surface area contributed by atoms with Crippen LogP contribution in [0.1, 0.15) is 30.1 Å². The molecule has 2 aliphatic heterocycles. The molecule has 2 aromatic carbocycles. The van der Waals surface area contributed by atoms with Gasteiger partial charge in [-0.15, -0.1) is 11.8 Å². The Balaban J connectivity index is 1.64. The fourth-order valence-electron chi connectivity index (χ4n) is 3.67. The van der Waals surface area contributed by atoms with Gasteiger partial charge in [0.2, 0.25) is 5.91 Å². The number of fused-ring (bicyclic) bond motifs is 1. The van der Waals surface area contributed by atoms with Gasteiger partial charge in [-0.2, -0.15) is 0 Å². The number of nitrogens with zero attached hydrogens (tertiary/aromatic N) is 1. The van der Waals surface area contributed by atoms with Gasteiger partial charge in [0.1, 0.15) is 5.70 Å². The molecule has 0 aliphatic carbocycles. The molecular formula is C22H22N2O3S. The normalized spacial score (nSPS) is 18.3. The highest BCUT2D eigenvalue weighted by Crippen LogP contribution is 2.44. The Labute approximate surface area is 168 Å². The summed E-state index contributed by atoms with van der Waals surface area (Å²) in [4.78, 5) is 27.8. The number of β-lactam (4-membered cyclic amide) rings is 1. The fourth-order valence-corrected chi connectivity index (χ4v) is 4.66. The zero-order valence-corrected chi connectivity index (χ0v) is 16.2. The maximum absolute atomic E-state index is 13.2. The van der Waals surface area contributed by atoms with Crippen LogP contribution < -0.4 is 5.73 Å². The molecule has 5 nitrogen and oxygen atoms in total. The molecule has 28 heavy (non-hydrogen) atoms. The van der Waals surface area contributed by atoms with Crippen molar-refractivity contribution in [3.63, 3.8) is 0 Å². The van der Waals surface area contributed by atoms with Gasteiger partial charge < -0.3 is 15.4 Å². The summed E-state index contributed by atoms with van der Waals surface area (Å²) in [6.45, 7) is 0.520. The third kappa shape index (κ3) is 3.57. The third-order valence-electron chi connectivity index (χ3n) is 4.99. The monoisotopic (exact) mass is 394 g/mol. The van der Waals surface area contributed by atoms with Crippen LogP contribution in [0.25, 0.3) is 0 Å². The standard InChI is InChI=1S/C22H22N2O3S/c23-11-12-28-18-13-17-14-19(25)24(17)20(18)22(26)27-21(15-7-3-1-4-8-15)16-9-5-2-6-10-16/h1-10,17,21H,11-14,23H2. The number of esters is 1. The molecule has 2 heterocycles. The summed E-state index contributed by atoms with van der Waals surface area (Å²) in [5, 5.41) is 0. The van der Waals surface area contributed by atoms with E-state index in [1.165, 1.54) is 0 Å². The Hall–Kier alpha value is -2.57. The minimum Gasteiger partial charge on any atom is -0.448 e. The van der Waals surface area contributed by atoms with Gasteiger partial charge in [-0.3, -0.25) is 4.79 Å². The number of carbonyl (C=O) groups excluding carboxylic acids is 2. The van der Waals surface area contributed by atoms with Crippen LogP contribution in [-0.4, -0.2) is 35.1 Å². The Bertz CT molecular complexity index is 859. The van der Waals surface area contributed by atoms with Crippen LogP contribution in [0.4, 0.5) is 0 Å². The largest absolute Gasteiger partial charge is 0.448 e. The molecule has 144 valence electrons. The summed E-state index contributed by atoms with van der Waals surface area (Å²) in [6, 6.07) is 19.4. The molecule has 1 fully saturated rings. The van der Waals surface area contributed by atoms with Crippen LogP contribution in [0.3, 0.4) is 0 Å². The second kappa shape index (κ2) is 8.20. The highest BCUT2D eigenvalue weighted by Gasteiger charge is 2.48. The molecular weight excluding hydrogens is 372 g/mol. The lowest BCUT2D eigenvalue weighted by Gasteiger charge is -2.35. The van der Waals surface area contributed by atoms with Crippen molar-refractivity contribution in [1.29, 1.82) is 0 Å². The molecule has 0 spiro atoms. The molecule has 2 N–H and O–H groups in total. The van der Waals surface area contributed by atoms with Crippen molar-refractivity contribution in [3.05, 3.63) is 82.4 Å². The van der Waals surface area contributed by atoms with Gasteiger partial charge in [-0.25, -0.2) is 4.79 Å². The van der Waals surface area contributed by atoms with Gasteiger partial charge >= 0.3 is 5.97 Å². The van der Waals surface area contributed by atoms with Crippen molar-refractivity contribution in [2.24, 2.45) is 5.73 Å². The first-order valence-electron chi connectivity index (χ1n) is 9.38. The van der Waals surface area contributed by atoms with E-state index in [2.05, 4.69) is 0 Å². The minimum absolute atomic E-state index is 0.0173. The Kier molecular flexibility index (Phi) is 5.50. The lowest BCUT2D eigenvalue weighted by atomic mass is 10.0. The lowest BCUT2D eigenvalue weighted by molar-refractivity contribution is -0.152. The molecule has 1 unspecified atom stereocenters. The van der Waals surface area contributed by atoms with E-state index in [1.54, 1.807) is 16.7 Å². The molecule has 1 saturated heterocycles. The van der Waals surface area contributed by atoms with E-state index >= 15 is 0 Å². The number of ether oxygens (including phenoxy) is 1. The summed E-state index contributed by atoms with van der Waals surface area (Å²) >= 11 is 1.55. The smallest absolute Gasteiger partial charge is 0.356 e. The van der Waals surface area contributed by atoms with E-state index in [4.69, 9.17) is 10.5 Å². The molecule has 4 rings (SSSR count). The Morgan fingerprint density at radius 2 is 1.68 bits per heavy atom. The van der Waals surface area contributed by atoms with Gasteiger partial charge in [-0.05, 0) is 11.1 Å². The van der Waals surface area contributed by atoms with Gasteiger partial charge in [0.15, 0.2) is 6.10 Å². The SMILES string of the molecule is NCCSC1=C(C(=O)OC(c2ccccc2)c2ccccc2)N2C(=O)CC2C1. The van der Waals surface area contributed by atoms with Crippen molar-refractivity contribution in [2.45, 2.75) is 25.0 Å². The second-order valence-electron chi connectivity index (χ2n) is 6.84. The molecule has 0 aromatic heterocycles. The highest BCUT2D eigenvalue weighted by molar-refractivity contribution is 8.03. The first-order valence-corrected chi connectivity index (χ1v) is 10.4. The van der Waals surface area contributed by atoms with Crippen LogP contribution in [0, 0.1) is 0 Å². The van der Waals surface area contributed by atoms with Crippen molar-refractivity contribution in [2.75, 3.05) is 12.3 Å². The number of rotatable bonds is 7. The van der Waals surface area contributed by atoms with E-state index < -0.39 is 12.1 Å². The van der Waals surface area contributed by atoms with Crippen molar-refractivity contribution in [1.82, 2.24) is 4.90 Å². The number of hydrogen-bond acceptors (Lipinski definition) is 5. The van der Waals surface area contributed by atoms with E-state index in [1.807, 2.05) is 60.7 Å². The zero-order chi connectivity index (χ0) is 19.5. The maximum Gasteiger partial charge on any atom is 0.356 e. The third-order valence-corrected chi connectivity index (χ3v) is 6.14. The van der Waals surface area contributed by atoms with Gasteiger partial charge in [-0.1, -0.05) is 60.7 Å². The fraction of sp³-hybridized carbons (Fsp3) is 0.273. The zero-order valence-electron chi connectivity index (χ0n) is 15.4. The Morgan fingerprint density at radius 3 is 2.21 bits per heavy atom. The number of benzene rings is 2. The maximum atomic E-state index is 13.2. The molecule has 1 atom stereocenters. The number of amides is 1. The first-order chi connectivity index (χ1) is 13.7. The Morgan fingerprint density at radius 1 is 1.07 bits per heavy atom. The van der Waals surface area contributed by atoms with Gasteiger partial charge in [0.05, 0.1) is 6.04 Å². The summed E-state index contributed by atoms with van der Waals surface area (Å²) in [5.74, 6) is 0.242. The van der Waals surface area contributed by atoms with Gasteiger partial charge in [0, 0.05) is 30.0 Å². The van der Waals surface area contributed by atoms with E-state index in [-0.39, 0.29) is 11.9 Å². The first kappa shape index (κ1) is 18.8. The van der Waals surface area contributed by atoms with Crippen LogP contribution >= 0.6 is 11.8 Å². The molecule has 0 saturated carbocycles. The number of carbonyl (C=O) groups is 2. The van der Waals surface area contributed by atoms with E-state index in [9.17, 15) is 9.59 Å². The van der Waals surface area contributed by atoms with Crippen LogP contribution in [0.15, 0.2) is 71.3 Å². The molecule has 2 aliphatic rings. The molecule has 6 heteroatoms. The number of hydrogen-bond donors (Lipinski definition) is 1. The highest BCUT2D eigenvalue weighted by atomic mass is 32.2. The van der Waals surface area contributed by atoms with Crippen molar-refractivity contribution < 1.29 is 14.3 Å². The molecule has 0 radical (unpaired) electrons. The predicted molar refractivity (Wildman–Crippen MR) is 109 cm³/mol. The van der Waals surface area contributed by atoms with Crippen molar-refractivity contribution >= 4 is 23.6 Å². The second-order valence-corrected chi connectivity index (χ2v) is 8.03. The van der Waals surface area contributed by atoms with Crippen LogP contribution in [0.2, 0.25) is 0 Å². The predicted octanol–water partition coefficient (Wildman–Crippen LogP) is 3.23. The quantitative estimate of drug-likeness (QED) is 0.577. The summed E-state index contributed by atoms with van der Waals surface area (Å²) < 4.78 is 5.98. The van der Waals surface area contributed by atoms with Crippen LogP contribution in [-0.2, 0) is 14.3 Å².